The fraction of sp³-hybridized carbons (Fsp3) is 0.400. The van der Waals surface area contributed by atoms with Crippen molar-refractivity contribution >= 4 is 6.09 Å². The number of amides is 1. The highest BCUT2D eigenvalue weighted by molar-refractivity contribution is 5.67. The Balaban J connectivity index is 1.56. The van der Waals surface area contributed by atoms with E-state index in [2.05, 4.69) is 0 Å². The molecule has 0 unspecified atom stereocenters. The van der Waals surface area contributed by atoms with Crippen LogP contribution in [0.1, 0.15) is 24.0 Å². The molecule has 4 nitrogen and oxygen atoms in total. The molecule has 0 N–H and O–H groups in total. The van der Waals surface area contributed by atoms with E-state index in [1.807, 2.05) is 12.2 Å². The molecule has 1 aromatic carbocycles. The maximum absolute atomic E-state index is 12.4. The summed E-state index contributed by atoms with van der Waals surface area (Å²) in [5, 5.41) is 1.19. The third-order valence-corrected chi connectivity index (χ3v) is 3.67. The van der Waals surface area contributed by atoms with Gasteiger partial charge in [-0.2, -0.15) is 18.2 Å². The number of benzene rings is 1. The first-order valence-corrected chi connectivity index (χ1v) is 6.91. The molecule has 0 radical (unpaired) electrons. The Kier molecular flexibility index (Phi) is 3.82. The Morgan fingerprint density at radius 1 is 1.23 bits per heavy atom. The molecule has 1 fully saturated rings. The molecule has 4 rings (SSSR count). The molecule has 2 heterocycles. The summed E-state index contributed by atoms with van der Waals surface area (Å²) >= 11 is 0. The van der Waals surface area contributed by atoms with Crippen molar-refractivity contribution in [3.8, 4) is 0 Å². The van der Waals surface area contributed by atoms with Gasteiger partial charge in [-0.1, -0.05) is 24.3 Å². The second-order valence-corrected chi connectivity index (χ2v) is 5.25. The maximum atomic E-state index is 12.4. The van der Waals surface area contributed by atoms with Crippen molar-refractivity contribution < 1.29 is 27.5 Å². The van der Waals surface area contributed by atoms with Gasteiger partial charge in [0.2, 0.25) is 0 Å². The number of alkyl halides is 3. The van der Waals surface area contributed by atoms with E-state index in [0.29, 0.717) is 5.56 Å². The number of hydrogen-bond acceptors (Lipinski definition) is 3. The van der Waals surface area contributed by atoms with Gasteiger partial charge in [-0.3, -0.25) is 4.84 Å². The fourth-order valence-corrected chi connectivity index (χ4v) is 2.46. The van der Waals surface area contributed by atoms with Gasteiger partial charge >= 0.3 is 12.3 Å². The monoisotopic (exact) mass is 313 g/mol. The van der Waals surface area contributed by atoms with Crippen LogP contribution in [0, 0.1) is 0 Å². The summed E-state index contributed by atoms with van der Waals surface area (Å²) in [5.41, 5.74) is -0.247. The average molecular weight is 313 g/mol. The second-order valence-electron chi connectivity index (χ2n) is 5.25. The summed E-state index contributed by atoms with van der Waals surface area (Å²) in [4.78, 5) is 17.4. The van der Waals surface area contributed by atoms with Crippen LogP contribution in [0.15, 0.2) is 36.4 Å². The first kappa shape index (κ1) is 14.9. The molecule has 1 saturated heterocycles. The average Bonchev–Trinajstić information content (AvgIpc) is 2.53. The molecule has 0 spiro atoms. The van der Waals surface area contributed by atoms with Crippen LogP contribution in [0.4, 0.5) is 18.0 Å². The molecule has 22 heavy (non-hydrogen) atoms. The molecule has 0 saturated carbocycles. The number of ether oxygens (including phenoxy) is 1. The highest BCUT2D eigenvalue weighted by Crippen LogP contribution is 2.30. The van der Waals surface area contributed by atoms with Crippen molar-refractivity contribution in [3.63, 3.8) is 0 Å². The molecule has 1 amide bonds. The van der Waals surface area contributed by atoms with E-state index in [0.717, 1.165) is 25.0 Å². The molecule has 7 heteroatoms. The molecule has 2 bridgehead atoms. The normalized spacial score (nSPS) is 23.7. The van der Waals surface area contributed by atoms with Crippen molar-refractivity contribution in [2.75, 3.05) is 0 Å². The highest BCUT2D eigenvalue weighted by Gasteiger charge is 2.35. The fourth-order valence-electron chi connectivity index (χ4n) is 2.46. The lowest BCUT2D eigenvalue weighted by Crippen LogP contribution is -2.48. The number of hydrogen-bond donors (Lipinski definition) is 0. The van der Waals surface area contributed by atoms with Crippen molar-refractivity contribution in [2.24, 2.45) is 0 Å². The Hall–Kier alpha value is -2.02. The summed E-state index contributed by atoms with van der Waals surface area (Å²) < 4.78 is 42.4. The number of rotatable bonds is 2. The number of carbonyl (C=O) groups excluding carboxylic acids is 1. The standard InChI is InChI=1S/C15H14F3NO3/c16-15(17,18)11-3-1-10(2-4-11)9-21-14(20)19-12-5-7-13(22-19)8-6-12/h1-5,7,12-13H,6,8-9H2/t12-,13+/m0/s1. The summed E-state index contributed by atoms with van der Waals surface area (Å²) in [6.45, 7) is -0.0993. The minimum absolute atomic E-state index is 0.0993. The predicted molar refractivity (Wildman–Crippen MR) is 70.5 cm³/mol. The van der Waals surface area contributed by atoms with Gasteiger partial charge in [-0.25, -0.2) is 4.79 Å². The van der Waals surface area contributed by atoms with Crippen LogP contribution >= 0.6 is 0 Å². The van der Waals surface area contributed by atoms with Crippen molar-refractivity contribution in [1.82, 2.24) is 5.06 Å². The van der Waals surface area contributed by atoms with Crippen LogP contribution in [-0.2, 0) is 22.4 Å². The Labute approximate surface area is 125 Å². The van der Waals surface area contributed by atoms with Crippen LogP contribution in [0.25, 0.3) is 0 Å². The van der Waals surface area contributed by atoms with Gasteiger partial charge in [0.15, 0.2) is 0 Å². The Bertz CT molecular complexity index is 583. The Morgan fingerprint density at radius 3 is 2.45 bits per heavy atom. The lowest BCUT2D eigenvalue weighted by atomic mass is 9.99. The number of halogens is 3. The van der Waals surface area contributed by atoms with Gasteiger partial charge < -0.3 is 4.74 Å². The van der Waals surface area contributed by atoms with Crippen LogP contribution in [0.2, 0.25) is 0 Å². The van der Waals surface area contributed by atoms with Crippen molar-refractivity contribution in [1.29, 1.82) is 0 Å². The highest BCUT2D eigenvalue weighted by atomic mass is 19.4. The zero-order valence-corrected chi connectivity index (χ0v) is 11.5. The molecule has 1 aromatic rings. The molecule has 2 aliphatic heterocycles. The first-order valence-electron chi connectivity index (χ1n) is 6.91. The summed E-state index contributed by atoms with van der Waals surface area (Å²) in [7, 11) is 0. The zero-order valence-electron chi connectivity index (χ0n) is 11.5. The summed E-state index contributed by atoms with van der Waals surface area (Å²) in [5.74, 6) is 0. The van der Waals surface area contributed by atoms with E-state index < -0.39 is 17.8 Å². The van der Waals surface area contributed by atoms with Gasteiger partial charge in [0.1, 0.15) is 12.7 Å². The van der Waals surface area contributed by atoms with Gasteiger partial charge in [0.05, 0.1) is 11.6 Å². The van der Waals surface area contributed by atoms with Crippen molar-refractivity contribution in [2.45, 2.75) is 37.8 Å². The number of fused-ring (bicyclic) bond motifs is 2. The largest absolute Gasteiger partial charge is 0.443 e. The lowest BCUT2D eigenvalue weighted by molar-refractivity contribution is -0.209. The van der Waals surface area contributed by atoms with Crippen molar-refractivity contribution in [3.05, 3.63) is 47.5 Å². The molecule has 2 atom stereocenters. The number of nitrogens with zero attached hydrogens (tertiary/aromatic N) is 1. The maximum Gasteiger partial charge on any atom is 0.434 e. The van der Waals surface area contributed by atoms with E-state index >= 15 is 0 Å². The SMILES string of the molecule is O=C(OCc1ccc(C(F)(F)F)cc1)N1O[C@@H]2C=C[C@H]1CC2. The third-order valence-electron chi connectivity index (χ3n) is 3.67. The number of hydroxylamine groups is 2. The van der Waals surface area contributed by atoms with E-state index in [-0.39, 0.29) is 18.8 Å². The van der Waals surface area contributed by atoms with Gasteiger partial charge in [-0.05, 0) is 30.5 Å². The summed E-state index contributed by atoms with van der Waals surface area (Å²) in [6, 6.07) is 4.37. The van der Waals surface area contributed by atoms with E-state index in [4.69, 9.17) is 9.57 Å². The summed E-state index contributed by atoms with van der Waals surface area (Å²) in [6.07, 6.45) is 0.385. The number of carbonyl (C=O) groups is 1. The van der Waals surface area contributed by atoms with Crippen LogP contribution in [0.3, 0.4) is 0 Å². The van der Waals surface area contributed by atoms with E-state index in [9.17, 15) is 18.0 Å². The van der Waals surface area contributed by atoms with Crippen LogP contribution < -0.4 is 0 Å². The minimum Gasteiger partial charge on any atom is -0.443 e. The molecular weight excluding hydrogens is 299 g/mol. The second kappa shape index (κ2) is 5.64. The minimum atomic E-state index is -4.37. The lowest BCUT2D eigenvalue weighted by Gasteiger charge is -2.39. The van der Waals surface area contributed by atoms with E-state index in [1.54, 1.807) is 0 Å². The predicted octanol–water partition coefficient (Wildman–Crippen LogP) is 3.68. The van der Waals surface area contributed by atoms with Gasteiger partial charge in [-0.15, -0.1) is 0 Å². The molecular formula is C15H14F3NO3. The van der Waals surface area contributed by atoms with Gasteiger partial charge in [0, 0.05) is 0 Å². The molecule has 1 aliphatic carbocycles. The third kappa shape index (κ3) is 3.09. The van der Waals surface area contributed by atoms with Gasteiger partial charge in [0.25, 0.3) is 0 Å². The van der Waals surface area contributed by atoms with Crippen LogP contribution in [0.5, 0.6) is 0 Å². The quantitative estimate of drug-likeness (QED) is 0.782. The first-order chi connectivity index (χ1) is 10.4. The Morgan fingerprint density at radius 2 is 1.95 bits per heavy atom. The topological polar surface area (TPSA) is 38.8 Å². The molecule has 3 aliphatic rings. The molecule has 0 aromatic heterocycles. The smallest absolute Gasteiger partial charge is 0.434 e. The zero-order chi connectivity index (χ0) is 15.7. The van der Waals surface area contributed by atoms with Crippen LogP contribution in [-0.4, -0.2) is 23.3 Å². The van der Waals surface area contributed by atoms with E-state index in [1.165, 1.54) is 17.2 Å². The molecule has 118 valence electrons.